The van der Waals surface area contributed by atoms with Crippen molar-refractivity contribution in [2.24, 2.45) is 0 Å². The van der Waals surface area contributed by atoms with Crippen molar-refractivity contribution in [3.63, 3.8) is 0 Å². The van der Waals surface area contributed by atoms with Crippen molar-refractivity contribution in [3.8, 4) is 0 Å². The molecule has 2 aromatic carbocycles. The van der Waals surface area contributed by atoms with Gasteiger partial charge in [-0.3, -0.25) is 0 Å². The summed E-state index contributed by atoms with van der Waals surface area (Å²) in [5.74, 6) is 0. The quantitative estimate of drug-likeness (QED) is 0.359. The van der Waals surface area contributed by atoms with E-state index in [2.05, 4.69) is 44.0 Å². The summed E-state index contributed by atoms with van der Waals surface area (Å²) in [5.41, 5.74) is 3.68. The van der Waals surface area contributed by atoms with Crippen molar-refractivity contribution in [2.45, 2.75) is 39.7 Å². The number of hydrogen-bond acceptors (Lipinski definition) is 3. The summed E-state index contributed by atoms with van der Waals surface area (Å²) in [7, 11) is 0. The molecule has 1 N–H and O–H groups in total. The van der Waals surface area contributed by atoms with Gasteiger partial charge in [0.1, 0.15) is 0 Å². The minimum absolute atomic E-state index is 0.0692. The van der Waals surface area contributed by atoms with Gasteiger partial charge in [0.15, 0.2) is 0 Å². The maximum absolute atomic E-state index is 6.30. The van der Waals surface area contributed by atoms with Crippen LogP contribution >= 0.6 is 23.2 Å². The van der Waals surface area contributed by atoms with E-state index < -0.39 is 0 Å². The number of halogens is 2. The molecular weight excluding hydrogens is 425 g/mol. The second kappa shape index (κ2) is 10.5. The summed E-state index contributed by atoms with van der Waals surface area (Å²) in [6.45, 7) is 12.1. The standard InChI is InChI=1S/C26H31Cl2N3/c1-5-31(6-2)16-15-26(3,4)30-25-18-21(13-11-19-9-7-8-10-23(19)28)29-24-17-20(27)12-14-22(24)25/h7-14,17-18H,5-6,15-16H2,1-4H3,(H,29,30). The Kier molecular flexibility index (Phi) is 7.99. The zero-order valence-corrected chi connectivity index (χ0v) is 20.3. The second-order valence-electron chi connectivity index (χ2n) is 8.40. The first-order chi connectivity index (χ1) is 14.8. The van der Waals surface area contributed by atoms with Gasteiger partial charge < -0.3 is 10.2 Å². The molecule has 0 unspecified atom stereocenters. The van der Waals surface area contributed by atoms with Crippen LogP contribution in [0.15, 0.2) is 48.5 Å². The van der Waals surface area contributed by atoms with Crippen LogP contribution in [0.1, 0.15) is 45.4 Å². The molecule has 0 spiro atoms. The summed E-state index contributed by atoms with van der Waals surface area (Å²) >= 11 is 12.6. The van der Waals surface area contributed by atoms with Gasteiger partial charge in [-0.25, -0.2) is 4.98 Å². The van der Waals surface area contributed by atoms with Gasteiger partial charge in [0.2, 0.25) is 0 Å². The zero-order chi connectivity index (χ0) is 22.4. The zero-order valence-electron chi connectivity index (χ0n) is 18.8. The molecule has 3 nitrogen and oxygen atoms in total. The average molecular weight is 456 g/mol. The lowest BCUT2D eigenvalue weighted by Crippen LogP contribution is -2.36. The van der Waals surface area contributed by atoms with E-state index in [4.69, 9.17) is 28.2 Å². The van der Waals surface area contributed by atoms with Gasteiger partial charge in [0, 0.05) is 33.2 Å². The van der Waals surface area contributed by atoms with Gasteiger partial charge in [-0.05, 0) is 75.3 Å². The molecule has 0 radical (unpaired) electrons. The van der Waals surface area contributed by atoms with Gasteiger partial charge in [-0.15, -0.1) is 0 Å². The maximum atomic E-state index is 6.30. The number of benzene rings is 2. The fourth-order valence-corrected chi connectivity index (χ4v) is 3.97. The molecule has 164 valence electrons. The number of fused-ring (bicyclic) bond motifs is 1. The van der Waals surface area contributed by atoms with Crippen LogP contribution in [0.25, 0.3) is 23.1 Å². The van der Waals surface area contributed by atoms with Crippen LogP contribution in [-0.2, 0) is 0 Å². The number of hydrogen-bond donors (Lipinski definition) is 1. The lowest BCUT2D eigenvalue weighted by Gasteiger charge is -2.31. The van der Waals surface area contributed by atoms with E-state index in [0.29, 0.717) is 5.02 Å². The molecule has 3 aromatic rings. The number of pyridine rings is 1. The van der Waals surface area contributed by atoms with Crippen LogP contribution in [-0.4, -0.2) is 35.1 Å². The molecule has 0 saturated heterocycles. The first-order valence-corrected chi connectivity index (χ1v) is 11.6. The Morgan fingerprint density at radius 3 is 2.45 bits per heavy atom. The monoisotopic (exact) mass is 455 g/mol. The molecule has 0 aliphatic carbocycles. The van der Waals surface area contributed by atoms with Crippen LogP contribution in [0.2, 0.25) is 10.0 Å². The highest BCUT2D eigenvalue weighted by Crippen LogP contribution is 2.30. The van der Waals surface area contributed by atoms with Crippen molar-refractivity contribution in [2.75, 3.05) is 25.0 Å². The van der Waals surface area contributed by atoms with E-state index >= 15 is 0 Å². The highest BCUT2D eigenvalue weighted by molar-refractivity contribution is 6.32. The van der Waals surface area contributed by atoms with E-state index in [1.54, 1.807) is 0 Å². The molecule has 1 aromatic heterocycles. The van der Waals surface area contributed by atoms with Crippen LogP contribution < -0.4 is 5.32 Å². The van der Waals surface area contributed by atoms with E-state index in [1.807, 2.05) is 54.6 Å². The third kappa shape index (κ3) is 6.46. The number of nitrogens with one attached hydrogen (secondary N) is 1. The lowest BCUT2D eigenvalue weighted by molar-refractivity contribution is 0.278. The van der Waals surface area contributed by atoms with Crippen molar-refractivity contribution < 1.29 is 0 Å². The molecule has 0 fully saturated rings. The summed E-state index contributed by atoms with van der Waals surface area (Å²) in [6.07, 6.45) is 5.03. The Bertz CT molecular complexity index is 1060. The van der Waals surface area contributed by atoms with Crippen LogP contribution in [0.4, 0.5) is 5.69 Å². The molecule has 31 heavy (non-hydrogen) atoms. The van der Waals surface area contributed by atoms with Gasteiger partial charge >= 0.3 is 0 Å². The summed E-state index contributed by atoms with van der Waals surface area (Å²) in [6, 6.07) is 15.8. The largest absolute Gasteiger partial charge is 0.380 e. The molecule has 1 heterocycles. The number of nitrogens with zero attached hydrogens (tertiary/aromatic N) is 2. The Hall–Kier alpha value is -2.07. The Labute approximate surface area is 196 Å². The first-order valence-electron chi connectivity index (χ1n) is 10.8. The molecule has 3 rings (SSSR count). The second-order valence-corrected chi connectivity index (χ2v) is 9.24. The molecule has 0 aliphatic heterocycles. The summed E-state index contributed by atoms with van der Waals surface area (Å²) in [4.78, 5) is 7.26. The Balaban J connectivity index is 1.93. The maximum Gasteiger partial charge on any atom is 0.0744 e. The number of rotatable bonds is 9. The number of anilines is 1. The SMILES string of the molecule is CCN(CC)CCC(C)(C)Nc1cc(C=Cc2ccccc2Cl)nc2cc(Cl)ccc12. The summed E-state index contributed by atoms with van der Waals surface area (Å²) in [5, 5.41) is 6.23. The molecule has 0 saturated carbocycles. The minimum Gasteiger partial charge on any atom is -0.380 e. The van der Waals surface area contributed by atoms with Gasteiger partial charge in [0.05, 0.1) is 11.2 Å². The lowest BCUT2D eigenvalue weighted by atomic mass is 9.98. The van der Waals surface area contributed by atoms with E-state index in [-0.39, 0.29) is 5.54 Å². The van der Waals surface area contributed by atoms with Crippen LogP contribution in [0, 0.1) is 0 Å². The highest BCUT2D eigenvalue weighted by atomic mass is 35.5. The van der Waals surface area contributed by atoms with Crippen LogP contribution in [0.3, 0.4) is 0 Å². The minimum atomic E-state index is -0.0692. The van der Waals surface area contributed by atoms with Crippen molar-refractivity contribution >= 4 is 51.9 Å². The van der Waals surface area contributed by atoms with Crippen molar-refractivity contribution in [3.05, 3.63) is 69.8 Å². The molecule has 0 aliphatic rings. The molecule has 0 atom stereocenters. The van der Waals surface area contributed by atoms with E-state index in [1.165, 1.54) is 0 Å². The molecule has 5 heteroatoms. The Morgan fingerprint density at radius 2 is 1.74 bits per heavy atom. The fraction of sp³-hybridized carbons (Fsp3) is 0.346. The number of aromatic nitrogens is 1. The van der Waals surface area contributed by atoms with Gasteiger partial charge in [-0.2, -0.15) is 0 Å². The summed E-state index contributed by atoms with van der Waals surface area (Å²) < 4.78 is 0. The molecule has 0 amide bonds. The van der Waals surface area contributed by atoms with E-state index in [9.17, 15) is 0 Å². The van der Waals surface area contributed by atoms with Gasteiger partial charge in [-0.1, -0.05) is 61.3 Å². The molecular formula is C26H31Cl2N3. The smallest absolute Gasteiger partial charge is 0.0744 e. The average Bonchev–Trinajstić information content (AvgIpc) is 2.73. The predicted octanol–water partition coefficient (Wildman–Crippen LogP) is 7.63. The first kappa shape index (κ1) is 23.6. The van der Waals surface area contributed by atoms with Gasteiger partial charge in [0.25, 0.3) is 0 Å². The van der Waals surface area contributed by atoms with E-state index in [0.717, 1.165) is 58.9 Å². The predicted molar refractivity (Wildman–Crippen MR) is 137 cm³/mol. The fourth-order valence-electron chi connectivity index (χ4n) is 3.60. The van der Waals surface area contributed by atoms with Crippen molar-refractivity contribution in [1.29, 1.82) is 0 Å². The Morgan fingerprint density at radius 1 is 1.00 bits per heavy atom. The third-order valence-corrected chi connectivity index (χ3v) is 6.13. The van der Waals surface area contributed by atoms with Crippen LogP contribution in [0.5, 0.6) is 0 Å². The normalized spacial score (nSPS) is 12.2. The molecule has 0 bridgehead atoms. The third-order valence-electron chi connectivity index (χ3n) is 5.55. The van der Waals surface area contributed by atoms with Crippen molar-refractivity contribution in [1.82, 2.24) is 9.88 Å². The highest BCUT2D eigenvalue weighted by Gasteiger charge is 2.20. The topological polar surface area (TPSA) is 28.2 Å².